The number of allylic oxidation sites excluding steroid dienone is 2. The number of rotatable bonds is 3. The van der Waals surface area contributed by atoms with Crippen LogP contribution in [0.2, 0.25) is 0 Å². The van der Waals surface area contributed by atoms with Gasteiger partial charge in [-0.15, -0.1) is 0 Å². The average molecular weight is 428 g/mol. The van der Waals surface area contributed by atoms with E-state index in [2.05, 4.69) is 33.4 Å². The number of methoxy groups -OCH3 is 1. The van der Waals surface area contributed by atoms with Gasteiger partial charge in [-0.3, -0.25) is 0 Å². The zero-order valence-corrected chi connectivity index (χ0v) is 16.2. The van der Waals surface area contributed by atoms with E-state index in [0.29, 0.717) is 11.3 Å². The first-order valence-corrected chi connectivity index (χ1v) is 9.47. The third-order valence-corrected chi connectivity index (χ3v) is 5.81. The van der Waals surface area contributed by atoms with Crippen molar-refractivity contribution in [2.24, 2.45) is 5.92 Å². The molecule has 0 saturated carbocycles. The topological polar surface area (TPSA) is 75.6 Å². The lowest BCUT2D eigenvalue weighted by molar-refractivity contribution is 0.0599. The van der Waals surface area contributed by atoms with Crippen LogP contribution in [0, 0.1) is 5.92 Å². The first-order chi connectivity index (χ1) is 13.0. The minimum absolute atomic E-state index is 0.0385. The van der Waals surface area contributed by atoms with E-state index in [9.17, 15) is 14.7 Å². The van der Waals surface area contributed by atoms with Crippen LogP contribution in [0.15, 0.2) is 53.0 Å². The summed E-state index contributed by atoms with van der Waals surface area (Å²) in [4.78, 5) is 23.5. The van der Waals surface area contributed by atoms with E-state index >= 15 is 0 Å². The first-order valence-electron chi connectivity index (χ1n) is 8.68. The summed E-state index contributed by atoms with van der Waals surface area (Å²) >= 11 is 3.44. The third-order valence-electron chi connectivity index (χ3n) is 5.35. The summed E-state index contributed by atoms with van der Waals surface area (Å²) in [6, 6.07) is 10.9. The van der Waals surface area contributed by atoms with Crippen LogP contribution in [0.1, 0.15) is 50.2 Å². The average Bonchev–Trinajstić information content (AvgIpc) is 3.16. The van der Waals surface area contributed by atoms with Crippen molar-refractivity contribution in [3.05, 3.63) is 75.3 Å². The Bertz CT molecular complexity index is 951. The predicted molar refractivity (Wildman–Crippen MR) is 105 cm³/mol. The number of hydrogen-bond donors (Lipinski definition) is 2. The van der Waals surface area contributed by atoms with Crippen molar-refractivity contribution in [3.8, 4) is 0 Å². The molecule has 4 rings (SSSR count). The van der Waals surface area contributed by atoms with Crippen LogP contribution in [-0.4, -0.2) is 24.2 Å². The molecular formula is C21H18BrNO4. The summed E-state index contributed by atoms with van der Waals surface area (Å²) in [7, 11) is 1.36. The number of carboxylic acid groups (broad SMARTS) is 1. The monoisotopic (exact) mass is 427 g/mol. The zero-order valence-electron chi connectivity index (χ0n) is 14.6. The maximum absolute atomic E-state index is 11.8. The number of carbonyl (C=O) groups excluding carboxylic acids is 1. The number of benzene rings is 2. The van der Waals surface area contributed by atoms with Crippen molar-refractivity contribution >= 4 is 33.6 Å². The molecule has 0 saturated heterocycles. The number of anilines is 1. The predicted octanol–water partition coefficient (Wildman–Crippen LogP) is 4.76. The van der Waals surface area contributed by atoms with Crippen molar-refractivity contribution in [1.29, 1.82) is 0 Å². The van der Waals surface area contributed by atoms with E-state index in [1.54, 1.807) is 18.2 Å². The first kappa shape index (κ1) is 17.8. The molecule has 0 radical (unpaired) electrons. The lowest BCUT2D eigenvalue weighted by atomic mass is 9.76. The van der Waals surface area contributed by atoms with E-state index in [0.717, 1.165) is 22.0 Å². The molecule has 1 heterocycles. The quantitative estimate of drug-likeness (QED) is 0.545. The Balaban J connectivity index is 1.77. The molecule has 1 aliphatic heterocycles. The van der Waals surface area contributed by atoms with Crippen molar-refractivity contribution in [3.63, 3.8) is 0 Å². The fraction of sp³-hybridized carbons (Fsp3) is 0.238. The van der Waals surface area contributed by atoms with Crippen molar-refractivity contribution in [1.82, 2.24) is 0 Å². The Morgan fingerprint density at radius 1 is 1.22 bits per heavy atom. The molecule has 2 N–H and O–H groups in total. The largest absolute Gasteiger partial charge is 0.478 e. The second kappa shape index (κ2) is 6.85. The number of fused-ring (bicyclic) bond motifs is 3. The summed E-state index contributed by atoms with van der Waals surface area (Å²) in [6.45, 7) is 0. The Hall–Kier alpha value is -2.60. The summed E-state index contributed by atoms with van der Waals surface area (Å²) in [5.74, 6) is -0.887. The zero-order chi connectivity index (χ0) is 19.1. The highest BCUT2D eigenvalue weighted by Crippen LogP contribution is 2.51. The van der Waals surface area contributed by atoms with Crippen LogP contribution in [0.4, 0.5) is 5.69 Å². The van der Waals surface area contributed by atoms with Crippen LogP contribution in [0.25, 0.3) is 0 Å². The molecule has 0 fully saturated rings. The number of ether oxygens (including phenoxy) is 1. The highest BCUT2D eigenvalue weighted by molar-refractivity contribution is 9.10. The van der Waals surface area contributed by atoms with Crippen molar-refractivity contribution in [2.45, 2.75) is 18.4 Å². The van der Waals surface area contributed by atoms with Crippen LogP contribution < -0.4 is 5.32 Å². The molecule has 3 atom stereocenters. The van der Waals surface area contributed by atoms with E-state index in [1.165, 1.54) is 7.11 Å². The van der Waals surface area contributed by atoms with Crippen LogP contribution in [-0.2, 0) is 4.74 Å². The molecule has 5 nitrogen and oxygen atoms in total. The highest BCUT2D eigenvalue weighted by atomic mass is 79.9. The minimum atomic E-state index is -0.958. The maximum Gasteiger partial charge on any atom is 0.337 e. The van der Waals surface area contributed by atoms with Gasteiger partial charge >= 0.3 is 11.9 Å². The van der Waals surface area contributed by atoms with Gasteiger partial charge in [-0.25, -0.2) is 9.59 Å². The highest BCUT2D eigenvalue weighted by Gasteiger charge is 2.39. The Morgan fingerprint density at radius 2 is 1.96 bits per heavy atom. The molecule has 3 unspecified atom stereocenters. The van der Waals surface area contributed by atoms with Gasteiger partial charge in [-0.05, 0) is 47.7 Å². The molecule has 0 amide bonds. The van der Waals surface area contributed by atoms with Gasteiger partial charge in [0.2, 0.25) is 0 Å². The molecular weight excluding hydrogens is 410 g/mol. The van der Waals surface area contributed by atoms with Gasteiger partial charge in [-0.1, -0.05) is 40.2 Å². The van der Waals surface area contributed by atoms with Gasteiger partial charge in [-0.2, -0.15) is 0 Å². The normalized spacial score (nSPS) is 22.5. The van der Waals surface area contributed by atoms with E-state index < -0.39 is 5.97 Å². The number of carboxylic acids is 1. The Kier molecular flexibility index (Phi) is 4.52. The number of esters is 1. The number of aromatic carboxylic acids is 1. The van der Waals surface area contributed by atoms with Crippen LogP contribution in [0.5, 0.6) is 0 Å². The number of hydrogen-bond acceptors (Lipinski definition) is 4. The van der Waals surface area contributed by atoms with Crippen molar-refractivity contribution in [2.75, 3.05) is 12.4 Å². The lowest BCUT2D eigenvalue weighted by Crippen LogP contribution is -2.30. The maximum atomic E-state index is 11.8. The number of halogens is 1. The van der Waals surface area contributed by atoms with Gasteiger partial charge in [0, 0.05) is 10.4 Å². The smallest absolute Gasteiger partial charge is 0.337 e. The Labute approximate surface area is 165 Å². The van der Waals surface area contributed by atoms with Gasteiger partial charge in [0.15, 0.2) is 0 Å². The summed E-state index contributed by atoms with van der Waals surface area (Å²) in [5, 5.41) is 13.1. The van der Waals surface area contributed by atoms with Crippen molar-refractivity contribution < 1.29 is 19.4 Å². The number of carbonyl (C=O) groups is 2. The summed E-state index contributed by atoms with van der Waals surface area (Å²) < 4.78 is 5.52. The minimum Gasteiger partial charge on any atom is -0.478 e. The SMILES string of the molecule is COC(=O)c1ccc(C2Nc3c(C(=O)O)cc(Br)cc3C3C=CCC32)cc1. The molecule has 2 aromatic carbocycles. The van der Waals surface area contributed by atoms with Gasteiger partial charge in [0.25, 0.3) is 0 Å². The summed E-state index contributed by atoms with van der Waals surface area (Å²) in [6.07, 6.45) is 5.23. The molecule has 0 spiro atoms. The standard InChI is InChI=1S/C21H18BrNO4/c1-27-21(26)12-7-5-11(6-8-12)18-15-4-2-3-14(15)16-9-13(22)10-17(20(24)25)19(16)23-18/h2-3,5-10,14-15,18,23H,4H2,1H3,(H,24,25). The Morgan fingerprint density at radius 3 is 2.63 bits per heavy atom. The van der Waals surface area contributed by atoms with Gasteiger partial charge in [0.05, 0.1) is 30.0 Å². The van der Waals surface area contributed by atoms with Gasteiger partial charge < -0.3 is 15.2 Å². The molecule has 2 aliphatic rings. The second-order valence-corrected chi connectivity index (χ2v) is 7.73. The summed E-state index contributed by atoms with van der Waals surface area (Å²) in [5.41, 5.74) is 3.44. The van der Waals surface area contributed by atoms with E-state index in [1.807, 2.05) is 18.2 Å². The molecule has 0 bridgehead atoms. The third kappa shape index (κ3) is 3.04. The fourth-order valence-corrected chi connectivity index (χ4v) is 4.58. The van der Waals surface area contributed by atoms with Gasteiger partial charge in [0.1, 0.15) is 0 Å². The van der Waals surface area contributed by atoms with E-state index in [-0.39, 0.29) is 29.4 Å². The molecule has 1 aliphatic carbocycles. The second-order valence-electron chi connectivity index (χ2n) is 6.81. The fourth-order valence-electron chi connectivity index (χ4n) is 4.11. The molecule has 27 heavy (non-hydrogen) atoms. The molecule has 0 aromatic heterocycles. The molecule has 138 valence electrons. The van der Waals surface area contributed by atoms with Crippen LogP contribution >= 0.6 is 15.9 Å². The lowest BCUT2D eigenvalue weighted by Gasteiger charge is -2.38. The molecule has 6 heteroatoms. The molecule has 2 aromatic rings. The van der Waals surface area contributed by atoms with Crippen LogP contribution in [0.3, 0.4) is 0 Å². The van der Waals surface area contributed by atoms with E-state index in [4.69, 9.17) is 4.74 Å². The number of nitrogens with one attached hydrogen (secondary N) is 1.